The summed E-state index contributed by atoms with van der Waals surface area (Å²) in [6, 6.07) is 7.41. The van der Waals surface area contributed by atoms with Crippen molar-refractivity contribution in [1.82, 2.24) is 4.90 Å². The van der Waals surface area contributed by atoms with Crippen LogP contribution in [0.2, 0.25) is 0 Å². The Hall–Kier alpha value is -1.97. The van der Waals surface area contributed by atoms with Crippen molar-refractivity contribution in [3.63, 3.8) is 0 Å². The molecule has 0 aromatic heterocycles. The third-order valence-electron chi connectivity index (χ3n) is 4.00. The number of carbonyl (C=O) groups excluding carboxylic acids is 1. The molecule has 1 saturated heterocycles. The van der Waals surface area contributed by atoms with E-state index in [0.717, 1.165) is 37.4 Å². The topological polar surface area (TPSA) is 41.6 Å². The van der Waals surface area contributed by atoms with E-state index in [4.69, 9.17) is 4.74 Å². The lowest BCUT2D eigenvalue weighted by Gasteiger charge is -2.28. The van der Waals surface area contributed by atoms with Gasteiger partial charge in [-0.05, 0) is 49.9 Å². The lowest BCUT2D eigenvalue weighted by Crippen LogP contribution is -2.39. The smallest absolute Gasteiger partial charge is 0.321 e. The number of likely N-dealkylation sites (tertiary alicyclic amines) is 1. The largest absolute Gasteiger partial charge is 0.497 e. The van der Waals surface area contributed by atoms with E-state index < -0.39 is 0 Å². The van der Waals surface area contributed by atoms with Crippen molar-refractivity contribution < 1.29 is 9.53 Å². The molecule has 1 aromatic rings. The molecule has 0 spiro atoms. The molecule has 3 rings (SSSR count). The maximum absolute atomic E-state index is 12.2. The third kappa shape index (κ3) is 2.95. The fourth-order valence-electron chi connectivity index (χ4n) is 2.63. The van der Waals surface area contributed by atoms with Gasteiger partial charge in [0.2, 0.25) is 0 Å². The van der Waals surface area contributed by atoms with Crippen LogP contribution in [0.1, 0.15) is 25.7 Å². The minimum Gasteiger partial charge on any atom is -0.497 e. The molecule has 2 fully saturated rings. The number of hydrogen-bond donors (Lipinski definition) is 1. The first kappa shape index (κ1) is 13.0. The maximum Gasteiger partial charge on any atom is 0.321 e. The summed E-state index contributed by atoms with van der Waals surface area (Å²) < 4.78 is 5.10. The van der Waals surface area contributed by atoms with Crippen molar-refractivity contribution in [1.29, 1.82) is 0 Å². The van der Waals surface area contributed by atoms with E-state index in [1.807, 2.05) is 29.2 Å². The highest BCUT2D eigenvalue weighted by Gasteiger charge is 2.24. The van der Waals surface area contributed by atoms with Gasteiger partial charge in [-0.1, -0.05) is 11.1 Å². The zero-order valence-electron chi connectivity index (χ0n) is 11.8. The lowest BCUT2D eigenvalue weighted by atomic mass is 10.0. The highest BCUT2D eigenvalue weighted by Crippen LogP contribution is 2.36. The number of carbonyl (C=O) groups is 1. The molecule has 20 heavy (non-hydrogen) atoms. The summed E-state index contributed by atoms with van der Waals surface area (Å²) in [7, 11) is 1.63. The van der Waals surface area contributed by atoms with Crippen molar-refractivity contribution in [2.45, 2.75) is 25.7 Å². The average molecular weight is 272 g/mol. The molecule has 1 saturated carbocycles. The molecular formula is C16H20N2O2. The Morgan fingerprint density at radius 3 is 2.20 bits per heavy atom. The van der Waals surface area contributed by atoms with Gasteiger partial charge in [-0.15, -0.1) is 0 Å². The molecule has 106 valence electrons. The number of rotatable bonds is 2. The van der Waals surface area contributed by atoms with Crippen LogP contribution in [-0.4, -0.2) is 31.1 Å². The molecular weight excluding hydrogens is 252 g/mol. The van der Waals surface area contributed by atoms with Gasteiger partial charge in [0, 0.05) is 18.8 Å². The summed E-state index contributed by atoms with van der Waals surface area (Å²) in [6.45, 7) is 1.67. The van der Waals surface area contributed by atoms with Crippen molar-refractivity contribution in [3.8, 4) is 5.75 Å². The van der Waals surface area contributed by atoms with Crippen LogP contribution >= 0.6 is 0 Å². The number of piperidine rings is 1. The zero-order chi connectivity index (χ0) is 13.9. The molecule has 4 heteroatoms. The first-order chi connectivity index (χ1) is 9.76. The van der Waals surface area contributed by atoms with Gasteiger partial charge in [-0.3, -0.25) is 0 Å². The zero-order valence-corrected chi connectivity index (χ0v) is 11.8. The summed E-state index contributed by atoms with van der Waals surface area (Å²) in [4.78, 5) is 14.1. The summed E-state index contributed by atoms with van der Waals surface area (Å²) in [6.07, 6.45) is 4.66. The number of allylic oxidation sites excluding steroid dienone is 1. The Balaban J connectivity index is 1.55. The molecule has 0 unspecified atom stereocenters. The van der Waals surface area contributed by atoms with E-state index in [1.165, 1.54) is 12.8 Å². The Morgan fingerprint density at radius 2 is 1.65 bits per heavy atom. The number of nitrogens with one attached hydrogen (secondary N) is 1. The van der Waals surface area contributed by atoms with Crippen molar-refractivity contribution >= 4 is 11.7 Å². The Labute approximate surface area is 119 Å². The van der Waals surface area contributed by atoms with E-state index in [0.29, 0.717) is 0 Å². The van der Waals surface area contributed by atoms with E-state index in [1.54, 1.807) is 18.3 Å². The first-order valence-corrected chi connectivity index (χ1v) is 7.16. The predicted molar refractivity (Wildman–Crippen MR) is 79.1 cm³/mol. The number of benzene rings is 1. The lowest BCUT2D eigenvalue weighted by molar-refractivity contribution is 0.207. The van der Waals surface area contributed by atoms with Crippen LogP contribution in [0.3, 0.4) is 0 Å². The highest BCUT2D eigenvalue weighted by atomic mass is 16.5. The predicted octanol–water partition coefficient (Wildman–Crippen LogP) is 3.41. The van der Waals surface area contributed by atoms with Crippen molar-refractivity contribution in [3.05, 3.63) is 35.4 Å². The molecule has 1 aliphatic carbocycles. The number of hydrogen-bond acceptors (Lipinski definition) is 2. The summed E-state index contributed by atoms with van der Waals surface area (Å²) in [5, 5.41) is 2.94. The van der Waals surface area contributed by atoms with Crippen LogP contribution in [0.5, 0.6) is 5.75 Å². The second kappa shape index (κ2) is 5.57. The van der Waals surface area contributed by atoms with Gasteiger partial charge in [0.1, 0.15) is 5.75 Å². The summed E-state index contributed by atoms with van der Waals surface area (Å²) in [5.74, 6) is 0.793. The molecule has 0 atom stereocenters. The first-order valence-electron chi connectivity index (χ1n) is 7.16. The Kier molecular flexibility index (Phi) is 3.63. The third-order valence-corrected chi connectivity index (χ3v) is 4.00. The number of urea groups is 1. The Bertz CT molecular complexity index is 518. The van der Waals surface area contributed by atoms with Gasteiger partial charge in [0.25, 0.3) is 0 Å². The maximum atomic E-state index is 12.2. The quantitative estimate of drug-likeness (QED) is 0.838. The van der Waals surface area contributed by atoms with Crippen LogP contribution in [0.25, 0.3) is 0 Å². The molecule has 1 N–H and O–H groups in total. The molecule has 2 aliphatic rings. The standard InChI is InChI=1S/C16H20N2O2/c1-20-15-6-4-14(5-7-15)17-16(19)18-10-8-13(9-11-18)12-2-3-12/h4-7H,2-3,8-11H2,1H3,(H,17,19). The summed E-state index contributed by atoms with van der Waals surface area (Å²) in [5.41, 5.74) is 4.04. The minimum atomic E-state index is -0.00462. The number of ether oxygens (including phenoxy) is 1. The SMILES string of the molecule is COc1ccc(NC(=O)N2CCC(=C3CC3)CC2)cc1. The van der Waals surface area contributed by atoms with Crippen LogP contribution in [0.4, 0.5) is 10.5 Å². The van der Waals surface area contributed by atoms with Gasteiger partial charge in [0.05, 0.1) is 7.11 Å². The normalized spacial score (nSPS) is 17.9. The number of nitrogens with zero attached hydrogens (tertiary/aromatic N) is 1. The molecule has 1 aromatic carbocycles. The monoisotopic (exact) mass is 272 g/mol. The number of methoxy groups -OCH3 is 1. The van der Waals surface area contributed by atoms with Crippen LogP contribution in [0.15, 0.2) is 35.4 Å². The molecule has 4 nitrogen and oxygen atoms in total. The van der Waals surface area contributed by atoms with Crippen molar-refractivity contribution in [2.24, 2.45) is 0 Å². The molecule has 1 heterocycles. The Morgan fingerprint density at radius 1 is 1.05 bits per heavy atom. The fourth-order valence-corrected chi connectivity index (χ4v) is 2.63. The van der Waals surface area contributed by atoms with E-state index in [2.05, 4.69) is 5.32 Å². The molecule has 0 bridgehead atoms. The van der Waals surface area contributed by atoms with Crippen LogP contribution in [0, 0.1) is 0 Å². The van der Waals surface area contributed by atoms with Gasteiger partial charge in [-0.25, -0.2) is 4.79 Å². The fraction of sp³-hybridized carbons (Fsp3) is 0.438. The van der Waals surface area contributed by atoms with Crippen LogP contribution in [-0.2, 0) is 0 Å². The minimum absolute atomic E-state index is 0.00462. The van der Waals surface area contributed by atoms with E-state index in [-0.39, 0.29) is 6.03 Å². The van der Waals surface area contributed by atoms with E-state index >= 15 is 0 Å². The van der Waals surface area contributed by atoms with Gasteiger partial charge in [-0.2, -0.15) is 0 Å². The molecule has 0 radical (unpaired) electrons. The van der Waals surface area contributed by atoms with E-state index in [9.17, 15) is 4.79 Å². The van der Waals surface area contributed by atoms with Gasteiger partial charge >= 0.3 is 6.03 Å². The highest BCUT2D eigenvalue weighted by molar-refractivity contribution is 5.89. The average Bonchev–Trinajstić information content (AvgIpc) is 3.33. The summed E-state index contributed by atoms with van der Waals surface area (Å²) >= 11 is 0. The van der Waals surface area contributed by atoms with Crippen LogP contribution < -0.4 is 10.1 Å². The number of amides is 2. The van der Waals surface area contributed by atoms with Gasteiger partial charge < -0.3 is 15.0 Å². The second-order valence-electron chi connectivity index (χ2n) is 5.35. The molecule has 1 aliphatic heterocycles. The molecule has 2 amide bonds. The van der Waals surface area contributed by atoms with Gasteiger partial charge in [0.15, 0.2) is 0 Å². The van der Waals surface area contributed by atoms with Crippen molar-refractivity contribution in [2.75, 3.05) is 25.5 Å². The second-order valence-corrected chi connectivity index (χ2v) is 5.35. The number of anilines is 1.